The molecule has 0 bridgehead atoms. The fourth-order valence-electron chi connectivity index (χ4n) is 2.32. The third-order valence-electron chi connectivity index (χ3n) is 3.70. The minimum atomic E-state index is -0.156. The van der Waals surface area contributed by atoms with Crippen LogP contribution in [0.1, 0.15) is 45.6 Å². The van der Waals surface area contributed by atoms with Crippen molar-refractivity contribution in [2.24, 2.45) is 0 Å². The fourth-order valence-corrected chi connectivity index (χ4v) is 2.32. The Hall–Kier alpha value is -0.890. The predicted molar refractivity (Wildman–Crippen MR) is 71.8 cm³/mol. The first kappa shape index (κ1) is 14.2. The average Bonchev–Trinajstić information content (AvgIpc) is 2.37. The molecule has 17 heavy (non-hydrogen) atoms. The van der Waals surface area contributed by atoms with Crippen LogP contribution in [0.4, 0.5) is 4.39 Å². The Labute approximate surface area is 104 Å². The van der Waals surface area contributed by atoms with E-state index in [1.165, 1.54) is 5.56 Å². The zero-order chi connectivity index (χ0) is 12.7. The van der Waals surface area contributed by atoms with Gasteiger partial charge in [0, 0.05) is 12.0 Å². The second-order valence-corrected chi connectivity index (χ2v) is 4.67. The number of nitrogens with one attached hydrogen (secondary N) is 1. The lowest BCUT2D eigenvalue weighted by atomic mass is 9.76. The highest BCUT2D eigenvalue weighted by molar-refractivity contribution is 5.26. The van der Waals surface area contributed by atoms with E-state index in [0.717, 1.165) is 32.4 Å². The number of rotatable bonds is 7. The smallest absolute Gasteiger partial charge is 0.123 e. The van der Waals surface area contributed by atoms with Gasteiger partial charge in [-0.2, -0.15) is 0 Å². The molecule has 0 saturated carbocycles. The van der Waals surface area contributed by atoms with Crippen LogP contribution in [0, 0.1) is 5.82 Å². The molecular formula is C15H24FN. The zero-order valence-corrected chi connectivity index (χ0v) is 11.2. The zero-order valence-electron chi connectivity index (χ0n) is 11.2. The molecule has 0 aliphatic heterocycles. The molecule has 0 aliphatic carbocycles. The lowest BCUT2D eigenvalue weighted by Crippen LogP contribution is -2.37. The summed E-state index contributed by atoms with van der Waals surface area (Å²) in [6.45, 7) is 8.61. The molecule has 0 atom stereocenters. The summed E-state index contributed by atoms with van der Waals surface area (Å²) >= 11 is 0. The lowest BCUT2D eigenvalue weighted by Gasteiger charge is -2.33. The minimum Gasteiger partial charge on any atom is -0.316 e. The van der Waals surface area contributed by atoms with E-state index in [1.54, 1.807) is 12.1 Å². The molecular weight excluding hydrogens is 213 g/mol. The summed E-state index contributed by atoms with van der Waals surface area (Å²) in [5, 5.41) is 3.50. The van der Waals surface area contributed by atoms with Crippen LogP contribution in [0.5, 0.6) is 0 Å². The highest BCUT2D eigenvalue weighted by atomic mass is 19.1. The summed E-state index contributed by atoms with van der Waals surface area (Å²) < 4.78 is 13.0. The quantitative estimate of drug-likeness (QED) is 0.710. The molecule has 1 aromatic rings. The van der Waals surface area contributed by atoms with Crippen LogP contribution in [-0.4, -0.2) is 13.1 Å². The standard InChI is InChI=1S/C15H24FN/c1-4-11-17-12-15(5-2,6-3)13-7-9-14(16)10-8-13/h7-10,17H,4-6,11-12H2,1-3H3. The Bertz CT molecular complexity index is 314. The van der Waals surface area contributed by atoms with E-state index in [1.807, 2.05) is 12.1 Å². The number of hydrogen-bond acceptors (Lipinski definition) is 1. The van der Waals surface area contributed by atoms with E-state index in [2.05, 4.69) is 26.1 Å². The van der Waals surface area contributed by atoms with Gasteiger partial charge < -0.3 is 5.32 Å². The summed E-state index contributed by atoms with van der Waals surface area (Å²) in [7, 11) is 0. The van der Waals surface area contributed by atoms with Gasteiger partial charge in [0.25, 0.3) is 0 Å². The second kappa shape index (κ2) is 6.75. The number of benzene rings is 1. The van der Waals surface area contributed by atoms with E-state index in [0.29, 0.717) is 0 Å². The van der Waals surface area contributed by atoms with Crippen molar-refractivity contribution in [2.75, 3.05) is 13.1 Å². The Morgan fingerprint density at radius 2 is 1.65 bits per heavy atom. The van der Waals surface area contributed by atoms with Gasteiger partial charge in [-0.3, -0.25) is 0 Å². The molecule has 2 heteroatoms. The predicted octanol–water partition coefficient (Wildman–Crippen LogP) is 3.88. The van der Waals surface area contributed by atoms with Crippen molar-refractivity contribution in [3.8, 4) is 0 Å². The molecule has 0 aliphatic rings. The maximum atomic E-state index is 13.0. The first-order valence-electron chi connectivity index (χ1n) is 6.65. The van der Waals surface area contributed by atoms with Gasteiger partial charge >= 0.3 is 0 Å². The topological polar surface area (TPSA) is 12.0 Å². The maximum absolute atomic E-state index is 13.0. The fraction of sp³-hybridized carbons (Fsp3) is 0.600. The molecule has 0 heterocycles. The van der Waals surface area contributed by atoms with Crippen molar-refractivity contribution in [1.29, 1.82) is 0 Å². The van der Waals surface area contributed by atoms with Crippen molar-refractivity contribution < 1.29 is 4.39 Å². The van der Waals surface area contributed by atoms with Crippen LogP contribution < -0.4 is 5.32 Å². The third-order valence-corrected chi connectivity index (χ3v) is 3.70. The van der Waals surface area contributed by atoms with Gasteiger partial charge in [0.2, 0.25) is 0 Å². The molecule has 1 rings (SSSR count). The van der Waals surface area contributed by atoms with E-state index >= 15 is 0 Å². The molecule has 96 valence electrons. The lowest BCUT2D eigenvalue weighted by molar-refractivity contribution is 0.368. The van der Waals surface area contributed by atoms with Gasteiger partial charge in [-0.25, -0.2) is 4.39 Å². The van der Waals surface area contributed by atoms with Gasteiger partial charge in [-0.1, -0.05) is 32.9 Å². The van der Waals surface area contributed by atoms with Crippen molar-refractivity contribution in [1.82, 2.24) is 5.32 Å². The van der Waals surface area contributed by atoms with E-state index in [9.17, 15) is 4.39 Å². The van der Waals surface area contributed by atoms with Crippen molar-refractivity contribution >= 4 is 0 Å². The Morgan fingerprint density at radius 1 is 1.06 bits per heavy atom. The monoisotopic (exact) mass is 237 g/mol. The largest absolute Gasteiger partial charge is 0.316 e. The summed E-state index contributed by atoms with van der Waals surface area (Å²) in [4.78, 5) is 0. The van der Waals surface area contributed by atoms with Crippen molar-refractivity contribution in [3.05, 3.63) is 35.6 Å². The maximum Gasteiger partial charge on any atom is 0.123 e. The highest BCUT2D eigenvalue weighted by Gasteiger charge is 2.27. The summed E-state index contributed by atoms with van der Waals surface area (Å²) in [5.74, 6) is -0.156. The van der Waals surface area contributed by atoms with Crippen molar-refractivity contribution in [3.63, 3.8) is 0 Å². The van der Waals surface area contributed by atoms with Crippen LogP contribution in [-0.2, 0) is 5.41 Å². The van der Waals surface area contributed by atoms with E-state index in [-0.39, 0.29) is 11.2 Å². The normalized spacial score (nSPS) is 11.8. The van der Waals surface area contributed by atoms with Gasteiger partial charge in [0.1, 0.15) is 5.82 Å². The number of hydrogen-bond donors (Lipinski definition) is 1. The van der Waals surface area contributed by atoms with E-state index in [4.69, 9.17) is 0 Å². The molecule has 1 aromatic carbocycles. The summed E-state index contributed by atoms with van der Waals surface area (Å²) in [6, 6.07) is 6.98. The van der Waals surface area contributed by atoms with Gasteiger partial charge in [-0.15, -0.1) is 0 Å². The first-order valence-corrected chi connectivity index (χ1v) is 6.65. The molecule has 0 aromatic heterocycles. The van der Waals surface area contributed by atoms with Crippen LogP contribution in [0.15, 0.2) is 24.3 Å². The second-order valence-electron chi connectivity index (χ2n) is 4.67. The number of halogens is 1. The van der Waals surface area contributed by atoms with Crippen LogP contribution in [0.3, 0.4) is 0 Å². The molecule has 0 spiro atoms. The molecule has 0 radical (unpaired) electrons. The van der Waals surface area contributed by atoms with E-state index < -0.39 is 0 Å². The molecule has 0 fully saturated rings. The average molecular weight is 237 g/mol. The molecule has 0 saturated heterocycles. The first-order chi connectivity index (χ1) is 8.18. The van der Waals surface area contributed by atoms with Crippen LogP contribution >= 0.6 is 0 Å². The molecule has 0 amide bonds. The third kappa shape index (κ3) is 3.53. The minimum absolute atomic E-state index is 0.142. The Morgan fingerprint density at radius 3 is 2.12 bits per heavy atom. The van der Waals surface area contributed by atoms with Crippen LogP contribution in [0.2, 0.25) is 0 Å². The van der Waals surface area contributed by atoms with Crippen molar-refractivity contribution in [2.45, 2.75) is 45.4 Å². The van der Waals surface area contributed by atoms with Gasteiger partial charge in [0.15, 0.2) is 0 Å². The molecule has 1 N–H and O–H groups in total. The Balaban J connectivity index is 2.85. The molecule has 1 nitrogen and oxygen atoms in total. The Kier molecular flexibility index (Phi) is 5.63. The van der Waals surface area contributed by atoms with Gasteiger partial charge in [0.05, 0.1) is 0 Å². The SMILES string of the molecule is CCCNCC(CC)(CC)c1ccc(F)cc1. The highest BCUT2D eigenvalue weighted by Crippen LogP contribution is 2.31. The summed E-state index contributed by atoms with van der Waals surface area (Å²) in [6.07, 6.45) is 3.30. The summed E-state index contributed by atoms with van der Waals surface area (Å²) in [5.41, 5.74) is 1.38. The molecule has 0 unspecified atom stereocenters. The van der Waals surface area contributed by atoms with Gasteiger partial charge in [-0.05, 0) is 43.5 Å². The van der Waals surface area contributed by atoms with Crippen LogP contribution in [0.25, 0.3) is 0 Å².